The second kappa shape index (κ2) is 7.88. The minimum absolute atomic E-state index is 0.194. The topological polar surface area (TPSA) is 162 Å². The Morgan fingerprint density at radius 1 is 1.50 bits per heavy atom. The Bertz CT molecular complexity index is 590. The van der Waals surface area contributed by atoms with Crippen LogP contribution in [0.1, 0.15) is 18.5 Å². The summed E-state index contributed by atoms with van der Waals surface area (Å²) in [5.41, 5.74) is 6.44. The van der Waals surface area contributed by atoms with E-state index in [1.807, 2.05) is 0 Å². The fraction of sp³-hybridized carbons (Fsp3) is 0.571. The fourth-order valence-electron chi connectivity index (χ4n) is 2.68. The van der Waals surface area contributed by atoms with Gasteiger partial charge in [0.05, 0.1) is 19.0 Å². The van der Waals surface area contributed by atoms with Gasteiger partial charge in [0.1, 0.15) is 12.1 Å². The summed E-state index contributed by atoms with van der Waals surface area (Å²) in [7, 11) is 0. The van der Waals surface area contributed by atoms with Crippen molar-refractivity contribution in [2.45, 2.75) is 37.4 Å². The molecule has 6 N–H and O–H groups in total. The number of rotatable bonds is 7. The Morgan fingerprint density at radius 2 is 2.25 bits per heavy atom. The standard InChI is InChI=1S/C14H21N5O5/c15-9(4-8-5-16-7-17-8)12(21)18-10(6-20)13(22)19-3-1-2-11(19)14(23)24/h5,7,9-11,20H,1-4,6,15H2,(H,16,17)(H,18,21)(H,23,24)/t9-,10-,11+/m0/s1. The van der Waals surface area contributed by atoms with E-state index in [2.05, 4.69) is 15.3 Å². The maximum atomic E-state index is 12.4. The fourth-order valence-corrected chi connectivity index (χ4v) is 2.68. The molecule has 3 atom stereocenters. The summed E-state index contributed by atoms with van der Waals surface area (Å²) in [5.74, 6) is -2.33. The Labute approximate surface area is 138 Å². The molecule has 1 saturated heterocycles. The number of nitrogens with zero attached hydrogens (tertiary/aromatic N) is 2. The largest absolute Gasteiger partial charge is 0.480 e. The van der Waals surface area contributed by atoms with E-state index < -0.39 is 42.5 Å². The number of carboxylic acid groups (broad SMARTS) is 1. The molecule has 1 aromatic rings. The van der Waals surface area contributed by atoms with Crippen LogP contribution in [0.15, 0.2) is 12.5 Å². The molecule has 0 radical (unpaired) electrons. The van der Waals surface area contributed by atoms with Crippen LogP contribution in [-0.2, 0) is 20.8 Å². The molecule has 1 aliphatic heterocycles. The molecule has 2 heterocycles. The monoisotopic (exact) mass is 339 g/mol. The number of H-pyrrole nitrogens is 1. The number of hydrogen-bond donors (Lipinski definition) is 5. The summed E-state index contributed by atoms with van der Waals surface area (Å²) in [6.45, 7) is -0.355. The van der Waals surface area contributed by atoms with Crippen molar-refractivity contribution in [2.75, 3.05) is 13.2 Å². The first-order chi connectivity index (χ1) is 11.4. The summed E-state index contributed by atoms with van der Waals surface area (Å²) in [6, 6.07) is -3.08. The SMILES string of the molecule is N[C@@H](Cc1cnc[nH]1)C(=O)N[C@@H](CO)C(=O)N1CCC[C@@H]1C(=O)O. The number of carbonyl (C=O) groups excluding carboxylic acids is 2. The highest BCUT2D eigenvalue weighted by Crippen LogP contribution is 2.18. The number of hydrogen-bond acceptors (Lipinski definition) is 6. The van der Waals surface area contributed by atoms with Gasteiger partial charge < -0.3 is 31.1 Å². The average Bonchev–Trinajstić information content (AvgIpc) is 3.22. The van der Waals surface area contributed by atoms with Crippen molar-refractivity contribution in [3.63, 3.8) is 0 Å². The molecule has 132 valence electrons. The van der Waals surface area contributed by atoms with E-state index in [1.165, 1.54) is 17.4 Å². The first-order valence-corrected chi connectivity index (χ1v) is 7.61. The minimum atomic E-state index is -1.22. The number of carboxylic acids is 1. The number of aliphatic carboxylic acids is 1. The maximum Gasteiger partial charge on any atom is 0.326 e. The zero-order valence-electron chi connectivity index (χ0n) is 13.0. The van der Waals surface area contributed by atoms with Crippen LogP contribution in [0.4, 0.5) is 0 Å². The van der Waals surface area contributed by atoms with Crippen LogP contribution in [0.3, 0.4) is 0 Å². The molecule has 0 aliphatic carbocycles. The smallest absolute Gasteiger partial charge is 0.326 e. The zero-order chi connectivity index (χ0) is 17.7. The predicted molar refractivity (Wildman–Crippen MR) is 81.7 cm³/mol. The van der Waals surface area contributed by atoms with E-state index in [1.54, 1.807) is 0 Å². The third-order valence-corrected chi connectivity index (χ3v) is 3.95. The molecule has 0 unspecified atom stereocenters. The predicted octanol–water partition coefficient (Wildman–Crippen LogP) is -2.17. The van der Waals surface area contributed by atoms with Crippen LogP contribution in [-0.4, -0.2) is 74.1 Å². The molecule has 2 amide bonds. The summed E-state index contributed by atoms with van der Waals surface area (Å²) >= 11 is 0. The molecule has 10 nitrogen and oxygen atoms in total. The number of carbonyl (C=O) groups is 3. The third-order valence-electron chi connectivity index (χ3n) is 3.95. The number of aromatic amines is 1. The molecule has 0 saturated carbocycles. The number of imidazole rings is 1. The van der Waals surface area contributed by atoms with Gasteiger partial charge in [-0.15, -0.1) is 0 Å². The Balaban J connectivity index is 1.96. The van der Waals surface area contributed by atoms with Gasteiger partial charge in [0.25, 0.3) is 0 Å². The lowest BCUT2D eigenvalue weighted by atomic mass is 10.1. The zero-order valence-corrected chi connectivity index (χ0v) is 13.0. The van der Waals surface area contributed by atoms with Crippen molar-refractivity contribution < 1.29 is 24.6 Å². The van der Waals surface area contributed by atoms with Crippen LogP contribution in [0.5, 0.6) is 0 Å². The number of likely N-dealkylation sites (tertiary alicyclic amines) is 1. The van der Waals surface area contributed by atoms with Crippen LogP contribution >= 0.6 is 0 Å². The lowest BCUT2D eigenvalue weighted by Gasteiger charge is -2.27. The summed E-state index contributed by atoms with van der Waals surface area (Å²) in [5, 5.41) is 20.9. The van der Waals surface area contributed by atoms with Gasteiger partial charge in [-0.05, 0) is 12.8 Å². The average molecular weight is 339 g/mol. The van der Waals surface area contributed by atoms with Crippen molar-refractivity contribution in [3.8, 4) is 0 Å². The van der Waals surface area contributed by atoms with Gasteiger partial charge in [-0.2, -0.15) is 0 Å². The van der Waals surface area contributed by atoms with Crippen LogP contribution in [0, 0.1) is 0 Å². The van der Waals surface area contributed by atoms with Gasteiger partial charge in [0, 0.05) is 24.9 Å². The van der Waals surface area contributed by atoms with Crippen molar-refractivity contribution in [3.05, 3.63) is 18.2 Å². The van der Waals surface area contributed by atoms with E-state index >= 15 is 0 Å². The van der Waals surface area contributed by atoms with Crippen molar-refractivity contribution in [2.24, 2.45) is 5.73 Å². The number of aromatic nitrogens is 2. The van der Waals surface area contributed by atoms with Gasteiger partial charge in [-0.3, -0.25) is 9.59 Å². The summed E-state index contributed by atoms with van der Waals surface area (Å²) < 4.78 is 0. The number of nitrogens with two attached hydrogens (primary N) is 1. The molecule has 0 spiro atoms. The molecule has 1 fully saturated rings. The second-order valence-electron chi connectivity index (χ2n) is 5.66. The van der Waals surface area contributed by atoms with Crippen LogP contribution in [0.25, 0.3) is 0 Å². The molecule has 2 rings (SSSR count). The van der Waals surface area contributed by atoms with E-state index in [-0.39, 0.29) is 13.0 Å². The maximum absolute atomic E-state index is 12.4. The number of nitrogens with one attached hydrogen (secondary N) is 2. The Kier molecular flexibility index (Phi) is 5.88. The van der Waals surface area contributed by atoms with E-state index in [0.717, 1.165) is 0 Å². The van der Waals surface area contributed by atoms with Gasteiger partial charge in [0.2, 0.25) is 11.8 Å². The molecule has 1 aliphatic rings. The molecule has 24 heavy (non-hydrogen) atoms. The quantitative estimate of drug-likeness (QED) is 0.377. The lowest BCUT2D eigenvalue weighted by Crippen LogP contribution is -2.56. The molecule has 10 heteroatoms. The highest BCUT2D eigenvalue weighted by atomic mass is 16.4. The Hall–Kier alpha value is -2.46. The third kappa shape index (κ3) is 4.09. The van der Waals surface area contributed by atoms with Gasteiger partial charge in [0.15, 0.2) is 0 Å². The number of amides is 2. The van der Waals surface area contributed by atoms with Crippen molar-refractivity contribution in [1.29, 1.82) is 0 Å². The molecule has 0 aromatic carbocycles. The van der Waals surface area contributed by atoms with Crippen molar-refractivity contribution >= 4 is 17.8 Å². The second-order valence-corrected chi connectivity index (χ2v) is 5.66. The highest BCUT2D eigenvalue weighted by molar-refractivity contribution is 5.92. The molecular formula is C14H21N5O5. The van der Waals surface area contributed by atoms with Gasteiger partial charge in [-0.1, -0.05) is 0 Å². The normalized spacial score (nSPS) is 19.8. The summed E-state index contributed by atoms with van der Waals surface area (Å²) in [6.07, 6.45) is 4.10. The van der Waals surface area contributed by atoms with E-state index in [9.17, 15) is 19.5 Å². The molecule has 1 aromatic heterocycles. The van der Waals surface area contributed by atoms with Crippen LogP contribution in [0.2, 0.25) is 0 Å². The van der Waals surface area contributed by atoms with Crippen LogP contribution < -0.4 is 11.1 Å². The molecular weight excluding hydrogens is 318 g/mol. The lowest BCUT2D eigenvalue weighted by molar-refractivity contribution is -0.149. The van der Waals surface area contributed by atoms with Gasteiger partial charge in [-0.25, -0.2) is 9.78 Å². The summed E-state index contributed by atoms with van der Waals surface area (Å²) in [4.78, 5) is 43.5. The highest BCUT2D eigenvalue weighted by Gasteiger charge is 2.37. The first kappa shape index (κ1) is 17.9. The minimum Gasteiger partial charge on any atom is -0.480 e. The van der Waals surface area contributed by atoms with Gasteiger partial charge >= 0.3 is 5.97 Å². The van der Waals surface area contributed by atoms with E-state index in [0.29, 0.717) is 18.5 Å². The number of aliphatic hydroxyl groups is 1. The first-order valence-electron chi connectivity index (χ1n) is 7.61. The van der Waals surface area contributed by atoms with E-state index in [4.69, 9.17) is 10.8 Å². The van der Waals surface area contributed by atoms with Crippen molar-refractivity contribution in [1.82, 2.24) is 20.2 Å². The molecule has 0 bridgehead atoms. The number of aliphatic hydroxyl groups excluding tert-OH is 1. The Morgan fingerprint density at radius 3 is 2.83 bits per heavy atom.